The minimum absolute atomic E-state index is 0.359. The third-order valence-corrected chi connectivity index (χ3v) is 4.43. The van der Waals surface area contributed by atoms with E-state index >= 15 is 0 Å². The van der Waals surface area contributed by atoms with Crippen molar-refractivity contribution in [2.45, 2.75) is 31.7 Å². The zero-order chi connectivity index (χ0) is 15.2. The summed E-state index contributed by atoms with van der Waals surface area (Å²) in [7, 11) is 2.10. The van der Waals surface area contributed by atoms with Gasteiger partial charge in [0.05, 0.1) is 12.6 Å². The van der Waals surface area contributed by atoms with Crippen molar-refractivity contribution in [3.8, 4) is 0 Å². The highest BCUT2D eigenvalue weighted by molar-refractivity contribution is 5.48. The van der Waals surface area contributed by atoms with E-state index in [1.165, 1.54) is 0 Å². The number of nitrogens with zero attached hydrogens (tertiary/aromatic N) is 3. The van der Waals surface area contributed by atoms with Gasteiger partial charge >= 0.3 is 0 Å². The van der Waals surface area contributed by atoms with Gasteiger partial charge in [-0.15, -0.1) is 0 Å². The Morgan fingerprint density at radius 2 is 2.05 bits per heavy atom. The largest absolute Gasteiger partial charge is 0.381 e. The number of ether oxygens (including phenoxy) is 2. The van der Waals surface area contributed by atoms with Gasteiger partial charge in [0.2, 0.25) is 0 Å². The molecule has 1 aromatic heterocycles. The van der Waals surface area contributed by atoms with Crippen LogP contribution in [0, 0.1) is 5.92 Å². The van der Waals surface area contributed by atoms with E-state index in [0.717, 1.165) is 70.3 Å². The van der Waals surface area contributed by atoms with Crippen molar-refractivity contribution in [1.82, 2.24) is 9.97 Å². The van der Waals surface area contributed by atoms with Crippen LogP contribution in [0.4, 0.5) is 11.6 Å². The van der Waals surface area contributed by atoms with Gasteiger partial charge in [0, 0.05) is 39.5 Å². The molecule has 1 N–H and O–H groups in total. The lowest BCUT2D eigenvalue weighted by Gasteiger charge is -2.28. The molecule has 0 unspecified atom stereocenters. The molecule has 2 aliphatic heterocycles. The van der Waals surface area contributed by atoms with Crippen LogP contribution in [0.2, 0.25) is 0 Å². The summed E-state index contributed by atoms with van der Waals surface area (Å²) in [4.78, 5) is 11.0. The molecule has 0 bridgehead atoms. The highest BCUT2D eigenvalue weighted by Crippen LogP contribution is 2.20. The molecule has 22 heavy (non-hydrogen) atoms. The summed E-state index contributed by atoms with van der Waals surface area (Å²) in [5.74, 6) is 2.55. The predicted octanol–water partition coefficient (Wildman–Crippen LogP) is 1.93. The van der Waals surface area contributed by atoms with Crippen LogP contribution in [0.15, 0.2) is 12.4 Å². The molecule has 2 saturated heterocycles. The maximum Gasteiger partial charge on any atom is 0.133 e. The van der Waals surface area contributed by atoms with Crippen molar-refractivity contribution in [3.05, 3.63) is 12.4 Å². The Bertz CT molecular complexity index is 459. The number of hydrogen-bond acceptors (Lipinski definition) is 6. The normalized spacial score (nSPS) is 23.2. The van der Waals surface area contributed by atoms with Gasteiger partial charge in [-0.05, 0) is 31.6 Å². The molecule has 0 spiro atoms. The van der Waals surface area contributed by atoms with Crippen LogP contribution in [0.3, 0.4) is 0 Å². The molecule has 0 aromatic carbocycles. The molecule has 1 atom stereocenters. The van der Waals surface area contributed by atoms with E-state index in [2.05, 4.69) is 27.2 Å². The first-order chi connectivity index (χ1) is 10.8. The maximum absolute atomic E-state index is 5.50. The molecule has 6 heteroatoms. The van der Waals surface area contributed by atoms with E-state index in [0.29, 0.717) is 12.0 Å². The van der Waals surface area contributed by atoms with Crippen LogP contribution in [-0.4, -0.2) is 56.0 Å². The molecule has 0 saturated carbocycles. The lowest BCUT2D eigenvalue weighted by atomic mass is 10.00. The Labute approximate surface area is 132 Å². The first-order valence-electron chi connectivity index (χ1n) is 8.26. The van der Waals surface area contributed by atoms with Gasteiger partial charge in [-0.25, -0.2) is 9.97 Å². The topological polar surface area (TPSA) is 59.5 Å². The predicted molar refractivity (Wildman–Crippen MR) is 86.3 cm³/mol. The van der Waals surface area contributed by atoms with E-state index in [4.69, 9.17) is 9.47 Å². The number of anilines is 2. The Kier molecular flexibility index (Phi) is 5.45. The van der Waals surface area contributed by atoms with Crippen LogP contribution in [0.5, 0.6) is 0 Å². The average molecular weight is 306 g/mol. The van der Waals surface area contributed by atoms with Crippen molar-refractivity contribution >= 4 is 11.6 Å². The molecule has 3 rings (SSSR count). The van der Waals surface area contributed by atoms with Crippen LogP contribution < -0.4 is 10.2 Å². The molecule has 1 aromatic rings. The third kappa shape index (κ3) is 4.30. The minimum Gasteiger partial charge on any atom is -0.381 e. The summed E-state index contributed by atoms with van der Waals surface area (Å²) in [5.41, 5.74) is 0. The summed E-state index contributed by atoms with van der Waals surface area (Å²) in [6.07, 6.45) is 6.16. The lowest BCUT2D eigenvalue weighted by Crippen LogP contribution is -2.31. The fourth-order valence-corrected chi connectivity index (χ4v) is 3.11. The maximum atomic E-state index is 5.50. The second-order valence-electron chi connectivity index (χ2n) is 6.26. The second kappa shape index (κ2) is 7.74. The lowest BCUT2D eigenvalue weighted by molar-refractivity contribution is 0.0685. The molecule has 6 nitrogen and oxygen atoms in total. The Morgan fingerprint density at radius 1 is 1.18 bits per heavy atom. The molecular weight excluding hydrogens is 280 g/mol. The Hall–Kier alpha value is -1.40. The Morgan fingerprint density at radius 3 is 2.82 bits per heavy atom. The quantitative estimate of drug-likeness (QED) is 0.897. The van der Waals surface area contributed by atoms with Crippen molar-refractivity contribution in [2.75, 3.05) is 50.2 Å². The van der Waals surface area contributed by atoms with Gasteiger partial charge in [0.1, 0.15) is 18.0 Å². The molecule has 0 aliphatic carbocycles. The monoisotopic (exact) mass is 306 g/mol. The Balaban J connectivity index is 1.57. The summed E-state index contributed by atoms with van der Waals surface area (Å²) in [6, 6.07) is 2.39. The fraction of sp³-hybridized carbons (Fsp3) is 0.750. The highest BCUT2D eigenvalue weighted by Gasteiger charge is 2.18. The van der Waals surface area contributed by atoms with Crippen LogP contribution in [-0.2, 0) is 9.47 Å². The zero-order valence-corrected chi connectivity index (χ0v) is 13.3. The van der Waals surface area contributed by atoms with Gasteiger partial charge in [-0.3, -0.25) is 0 Å². The third-order valence-electron chi connectivity index (χ3n) is 4.43. The first kappa shape index (κ1) is 15.5. The summed E-state index contributed by atoms with van der Waals surface area (Å²) < 4.78 is 10.9. The van der Waals surface area contributed by atoms with Gasteiger partial charge in [-0.2, -0.15) is 0 Å². The van der Waals surface area contributed by atoms with E-state index in [1.807, 2.05) is 6.07 Å². The highest BCUT2D eigenvalue weighted by atomic mass is 16.5. The van der Waals surface area contributed by atoms with Gasteiger partial charge < -0.3 is 19.7 Å². The van der Waals surface area contributed by atoms with E-state index in [1.54, 1.807) is 6.33 Å². The van der Waals surface area contributed by atoms with Crippen molar-refractivity contribution in [3.63, 3.8) is 0 Å². The van der Waals surface area contributed by atoms with Gasteiger partial charge in [0.25, 0.3) is 0 Å². The van der Waals surface area contributed by atoms with Crippen molar-refractivity contribution in [2.24, 2.45) is 5.92 Å². The fourth-order valence-electron chi connectivity index (χ4n) is 3.11. The SMILES string of the molecule is CN(CC1CCOCC1)c1cc(N[C@@H]2CCCOC2)ncn1. The number of nitrogens with one attached hydrogen (secondary N) is 1. The molecule has 122 valence electrons. The molecule has 0 radical (unpaired) electrons. The van der Waals surface area contributed by atoms with E-state index in [9.17, 15) is 0 Å². The average Bonchev–Trinajstić information content (AvgIpc) is 2.57. The number of aromatic nitrogens is 2. The number of hydrogen-bond donors (Lipinski definition) is 1. The van der Waals surface area contributed by atoms with Crippen molar-refractivity contribution < 1.29 is 9.47 Å². The molecule has 0 amide bonds. The molecule has 3 heterocycles. The van der Waals surface area contributed by atoms with Crippen LogP contribution >= 0.6 is 0 Å². The second-order valence-corrected chi connectivity index (χ2v) is 6.26. The summed E-state index contributed by atoms with van der Waals surface area (Å²) in [6.45, 7) is 4.43. The summed E-state index contributed by atoms with van der Waals surface area (Å²) in [5, 5.41) is 3.46. The standard InChI is InChI=1S/C16H26N4O2/c1-20(10-13-4-7-21-8-5-13)16-9-15(17-12-18-16)19-14-3-2-6-22-11-14/h9,12-14H,2-8,10-11H2,1H3,(H,17,18,19)/t14-/m1/s1. The van der Waals surface area contributed by atoms with Crippen LogP contribution in [0.25, 0.3) is 0 Å². The zero-order valence-electron chi connectivity index (χ0n) is 13.3. The molecule has 2 aliphatic rings. The minimum atomic E-state index is 0.359. The van der Waals surface area contributed by atoms with Gasteiger partial charge in [-0.1, -0.05) is 0 Å². The molecular formula is C16H26N4O2. The van der Waals surface area contributed by atoms with E-state index < -0.39 is 0 Å². The van der Waals surface area contributed by atoms with Crippen molar-refractivity contribution in [1.29, 1.82) is 0 Å². The smallest absolute Gasteiger partial charge is 0.133 e. The number of rotatable bonds is 5. The van der Waals surface area contributed by atoms with E-state index in [-0.39, 0.29) is 0 Å². The summed E-state index contributed by atoms with van der Waals surface area (Å²) >= 11 is 0. The first-order valence-corrected chi connectivity index (χ1v) is 8.26. The van der Waals surface area contributed by atoms with Crippen LogP contribution in [0.1, 0.15) is 25.7 Å². The molecule has 2 fully saturated rings. The van der Waals surface area contributed by atoms with Gasteiger partial charge in [0.15, 0.2) is 0 Å².